The van der Waals surface area contributed by atoms with Gasteiger partial charge in [0.15, 0.2) is 4.87 Å². The summed E-state index contributed by atoms with van der Waals surface area (Å²) in [4.78, 5) is 23.9. The summed E-state index contributed by atoms with van der Waals surface area (Å²) in [5.74, 6) is 1.26. The van der Waals surface area contributed by atoms with Gasteiger partial charge in [-0.05, 0) is 49.2 Å². The molecule has 27 heavy (non-hydrogen) atoms. The van der Waals surface area contributed by atoms with E-state index in [1.165, 1.54) is 4.90 Å². The molecule has 7 nitrogen and oxygen atoms in total. The largest absolute Gasteiger partial charge is 0.465 e. The lowest BCUT2D eigenvalue weighted by molar-refractivity contribution is 0.132. The number of rotatable bonds is 4. The third-order valence-corrected chi connectivity index (χ3v) is 7.10. The van der Waals surface area contributed by atoms with E-state index in [0.29, 0.717) is 24.9 Å². The van der Waals surface area contributed by atoms with Crippen molar-refractivity contribution in [2.45, 2.75) is 49.1 Å². The number of nitrogens with zero attached hydrogens (tertiary/aromatic N) is 5. The van der Waals surface area contributed by atoms with E-state index in [-0.39, 0.29) is 6.04 Å². The highest BCUT2D eigenvalue weighted by atomic mass is 32.2. The molecule has 4 aliphatic rings. The van der Waals surface area contributed by atoms with Gasteiger partial charge in [-0.2, -0.15) is 5.26 Å². The molecule has 3 aliphatic heterocycles. The van der Waals surface area contributed by atoms with E-state index in [1.54, 1.807) is 18.8 Å². The van der Waals surface area contributed by atoms with Gasteiger partial charge in [-0.25, -0.2) is 9.79 Å². The first-order valence-electron chi connectivity index (χ1n) is 9.32. The topological polar surface area (TPSA) is 92.3 Å². The third-order valence-electron chi connectivity index (χ3n) is 5.92. The first kappa shape index (κ1) is 18.1. The molecule has 0 radical (unpaired) electrons. The number of aliphatic imine (C=N–C) groups is 2. The molecule has 0 aromatic heterocycles. The van der Waals surface area contributed by atoms with Gasteiger partial charge in [-0.3, -0.25) is 4.99 Å². The van der Waals surface area contributed by atoms with Crippen molar-refractivity contribution >= 4 is 29.4 Å². The monoisotopic (exact) mass is 385 g/mol. The molecule has 1 spiro atoms. The minimum atomic E-state index is -0.869. The SMILES string of the molecule is CN(CC1CCC(N2C(CC#N)=N[C@]34SC=CC3=NC=C[C@@H]24)CC1)C(=O)O. The Balaban J connectivity index is 1.50. The Hall–Kier alpha value is -2.27. The maximum absolute atomic E-state index is 11.1. The lowest BCUT2D eigenvalue weighted by atomic mass is 9.84. The van der Waals surface area contributed by atoms with E-state index >= 15 is 0 Å². The molecular weight excluding hydrogens is 362 g/mol. The van der Waals surface area contributed by atoms with Crippen LogP contribution < -0.4 is 0 Å². The Bertz CT molecular complexity index is 790. The molecular formula is C19H23N5O2S. The molecule has 1 aliphatic carbocycles. The molecule has 3 heterocycles. The van der Waals surface area contributed by atoms with Crippen molar-refractivity contribution in [3.63, 3.8) is 0 Å². The quantitative estimate of drug-likeness (QED) is 0.803. The van der Waals surface area contributed by atoms with Gasteiger partial charge in [0.2, 0.25) is 0 Å². The van der Waals surface area contributed by atoms with Crippen molar-refractivity contribution < 1.29 is 9.90 Å². The predicted octanol–water partition coefficient (Wildman–Crippen LogP) is 3.08. The standard InChI is InChI=1S/C19H23N5O2S/c1-23(18(25)26)12-13-2-4-14(5-3-13)24-16-7-10-21-15-8-11-27-19(15,16)22-17(24)6-9-20/h7-8,10-11,13-14,16H,2-6,12H2,1H3,(H,25,26)/t13?,14?,16-,19+/m1/s1. The third kappa shape index (κ3) is 3.04. The van der Waals surface area contributed by atoms with E-state index in [2.05, 4.69) is 27.4 Å². The minimum absolute atomic E-state index is 0.0941. The average molecular weight is 385 g/mol. The zero-order chi connectivity index (χ0) is 19.0. The molecule has 0 aromatic carbocycles. The van der Waals surface area contributed by atoms with Crippen LogP contribution in [0.4, 0.5) is 4.79 Å². The van der Waals surface area contributed by atoms with Crippen LogP contribution in [0.5, 0.6) is 0 Å². The second-order valence-corrected chi connectivity index (χ2v) is 8.66. The van der Waals surface area contributed by atoms with E-state index < -0.39 is 11.0 Å². The predicted molar refractivity (Wildman–Crippen MR) is 106 cm³/mol. The van der Waals surface area contributed by atoms with Crippen LogP contribution in [0.1, 0.15) is 32.1 Å². The van der Waals surface area contributed by atoms with Crippen LogP contribution in [-0.2, 0) is 0 Å². The van der Waals surface area contributed by atoms with Crippen LogP contribution >= 0.6 is 11.8 Å². The van der Waals surface area contributed by atoms with Crippen molar-refractivity contribution in [3.05, 3.63) is 23.8 Å². The number of hydrogen-bond acceptors (Lipinski definition) is 6. The summed E-state index contributed by atoms with van der Waals surface area (Å²) in [7, 11) is 1.63. The van der Waals surface area contributed by atoms with Gasteiger partial charge in [0.1, 0.15) is 5.84 Å². The molecule has 1 amide bonds. The fraction of sp³-hybridized carbons (Fsp3) is 0.579. The number of amides is 1. The Labute approximate surface area is 163 Å². The summed E-state index contributed by atoms with van der Waals surface area (Å²) in [6.07, 6.45) is 9.41. The van der Waals surface area contributed by atoms with Gasteiger partial charge in [0.25, 0.3) is 0 Å². The van der Waals surface area contributed by atoms with Gasteiger partial charge >= 0.3 is 6.09 Å². The van der Waals surface area contributed by atoms with Crippen LogP contribution in [0.15, 0.2) is 33.7 Å². The molecule has 4 rings (SSSR count). The molecule has 1 saturated carbocycles. The van der Waals surface area contributed by atoms with Gasteiger partial charge in [0.05, 0.1) is 24.2 Å². The van der Waals surface area contributed by atoms with Crippen molar-refractivity contribution in [2.75, 3.05) is 13.6 Å². The molecule has 1 N–H and O–H groups in total. The summed E-state index contributed by atoms with van der Waals surface area (Å²) in [5, 5.41) is 20.5. The maximum Gasteiger partial charge on any atom is 0.407 e. The molecule has 0 unspecified atom stereocenters. The first-order valence-corrected chi connectivity index (χ1v) is 10.2. The van der Waals surface area contributed by atoms with Gasteiger partial charge < -0.3 is 14.9 Å². The molecule has 2 atom stereocenters. The van der Waals surface area contributed by atoms with E-state index in [9.17, 15) is 10.1 Å². The van der Waals surface area contributed by atoms with E-state index in [4.69, 9.17) is 10.1 Å². The average Bonchev–Trinajstić information content (AvgIpc) is 3.21. The molecule has 0 aromatic rings. The Kier molecular flexibility index (Phi) is 4.72. The summed E-state index contributed by atoms with van der Waals surface area (Å²) >= 11 is 1.68. The molecule has 142 valence electrons. The highest BCUT2D eigenvalue weighted by molar-refractivity contribution is 8.04. The van der Waals surface area contributed by atoms with Crippen molar-refractivity contribution in [3.8, 4) is 6.07 Å². The van der Waals surface area contributed by atoms with E-state index in [0.717, 1.165) is 37.2 Å². The molecule has 0 bridgehead atoms. The van der Waals surface area contributed by atoms with Crippen LogP contribution in [0.3, 0.4) is 0 Å². The van der Waals surface area contributed by atoms with Crippen LogP contribution in [0.25, 0.3) is 0 Å². The minimum Gasteiger partial charge on any atom is -0.465 e. The summed E-state index contributed by atoms with van der Waals surface area (Å²) in [5.41, 5.74) is 0.967. The van der Waals surface area contributed by atoms with Gasteiger partial charge in [-0.15, -0.1) is 0 Å². The maximum atomic E-state index is 11.1. The number of thioether (sulfide) groups is 1. The second-order valence-electron chi connectivity index (χ2n) is 7.53. The second kappa shape index (κ2) is 7.04. The Morgan fingerprint density at radius 2 is 2.26 bits per heavy atom. The normalized spacial score (nSPS) is 33.8. The number of carbonyl (C=O) groups is 1. The van der Waals surface area contributed by atoms with Crippen molar-refractivity contribution in [1.29, 1.82) is 5.26 Å². The number of carboxylic acid groups (broad SMARTS) is 1. The van der Waals surface area contributed by atoms with Crippen molar-refractivity contribution in [1.82, 2.24) is 9.80 Å². The summed E-state index contributed by atoms with van der Waals surface area (Å²) < 4.78 is 0. The zero-order valence-electron chi connectivity index (χ0n) is 15.3. The Morgan fingerprint density at radius 1 is 1.48 bits per heavy atom. The van der Waals surface area contributed by atoms with Crippen LogP contribution in [-0.4, -0.2) is 63.1 Å². The zero-order valence-corrected chi connectivity index (χ0v) is 16.1. The van der Waals surface area contributed by atoms with Gasteiger partial charge in [0, 0.05) is 25.8 Å². The first-order chi connectivity index (χ1) is 13.0. The fourth-order valence-electron chi connectivity index (χ4n) is 4.63. The summed E-state index contributed by atoms with van der Waals surface area (Å²) in [6.45, 7) is 0.588. The van der Waals surface area contributed by atoms with E-state index in [1.807, 2.05) is 12.3 Å². The summed E-state index contributed by atoms with van der Waals surface area (Å²) in [6, 6.07) is 2.70. The lowest BCUT2D eigenvalue weighted by Gasteiger charge is -2.42. The van der Waals surface area contributed by atoms with Crippen LogP contribution in [0, 0.1) is 17.2 Å². The molecule has 1 fully saturated rings. The van der Waals surface area contributed by atoms with Crippen LogP contribution in [0.2, 0.25) is 0 Å². The van der Waals surface area contributed by atoms with Crippen molar-refractivity contribution in [2.24, 2.45) is 15.9 Å². The Morgan fingerprint density at radius 3 is 2.96 bits per heavy atom. The highest BCUT2D eigenvalue weighted by Gasteiger charge is 2.55. The highest BCUT2D eigenvalue weighted by Crippen LogP contribution is 2.49. The fourth-order valence-corrected chi connectivity index (χ4v) is 5.76. The number of hydrogen-bond donors (Lipinski definition) is 1. The molecule has 8 heteroatoms. The van der Waals surface area contributed by atoms with Gasteiger partial charge in [-0.1, -0.05) is 11.8 Å². The smallest absolute Gasteiger partial charge is 0.407 e. The number of amidine groups is 1. The lowest BCUT2D eigenvalue weighted by Crippen LogP contribution is -2.52. The number of nitriles is 1. The molecule has 0 saturated heterocycles.